The molecule has 0 aliphatic heterocycles. The second-order valence-electron chi connectivity index (χ2n) is 3.63. The van der Waals surface area contributed by atoms with Crippen molar-refractivity contribution in [3.05, 3.63) is 18.5 Å². The van der Waals surface area contributed by atoms with Crippen LogP contribution in [0.5, 0.6) is 0 Å². The molecule has 0 aliphatic carbocycles. The molecule has 1 heterocycles. The van der Waals surface area contributed by atoms with Gasteiger partial charge in [0.2, 0.25) is 0 Å². The van der Waals surface area contributed by atoms with Gasteiger partial charge in [-0.05, 0) is 13.0 Å². The average Bonchev–Trinajstić information content (AvgIpc) is 2.77. The molecule has 5 heteroatoms. The van der Waals surface area contributed by atoms with Crippen molar-refractivity contribution in [3.8, 4) is 0 Å². The van der Waals surface area contributed by atoms with E-state index in [0.29, 0.717) is 13.2 Å². The summed E-state index contributed by atoms with van der Waals surface area (Å²) in [7, 11) is 0. The Morgan fingerprint density at radius 1 is 1.62 bits per heavy atom. The Balaban J connectivity index is 2.08. The molecule has 90 valence electrons. The summed E-state index contributed by atoms with van der Waals surface area (Å²) in [4.78, 5) is 11.3. The Kier molecular flexibility index (Phi) is 5.56. The maximum Gasteiger partial charge on any atom is 0.309 e. The van der Waals surface area contributed by atoms with Crippen molar-refractivity contribution in [1.82, 2.24) is 15.1 Å². The van der Waals surface area contributed by atoms with E-state index in [1.54, 1.807) is 6.20 Å². The molecule has 1 aromatic heterocycles. The first-order valence-electron chi connectivity index (χ1n) is 5.58. The van der Waals surface area contributed by atoms with E-state index in [4.69, 9.17) is 4.74 Å². The molecule has 0 spiro atoms. The van der Waals surface area contributed by atoms with Crippen molar-refractivity contribution in [2.75, 3.05) is 19.7 Å². The predicted octanol–water partition coefficient (Wildman–Crippen LogP) is 0.672. The van der Waals surface area contributed by atoms with E-state index in [0.717, 1.165) is 13.1 Å². The minimum atomic E-state index is -0.144. The van der Waals surface area contributed by atoms with Gasteiger partial charge in [0.15, 0.2) is 0 Å². The molecule has 0 radical (unpaired) electrons. The molecule has 0 fully saturated rings. The molecule has 5 nitrogen and oxygen atoms in total. The van der Waals surface area contributed by atoms with Crippen molar-refractivity contribution in [2.24, 2.45) is 5.92 Å². The van der Waals surface area contributed by atoms with Gasteiger partial charge in [-0.15, -0.1) is 0 Å². The highest BCUT2D eigenvalue weighted by atomic mass is 16.5. The van der Waals surface area contributed by atoms with Crippen molar-refractivity contribution >= 4 is 5.97 Å². The Morgan fingerprint density at radius 2 is 2.44 bits per heavy atom. The van der Waals surface area contributed by atoms with Crippen LogP contribution in [0.2, 0.25) is 0 Å². The van der Waals surface area contributed by atoms with Gasteiger partial charge in [-0.25, -0.2) is 0 Å². The zero-order valence-corrected chi connectivity index (χ0v) is 9.85. The van der Waals surface area contributed by atoms with Crippen LogP contribution in [0.3, 0.4) is 0 Å². The number of ether oxygens (including phenoxy) is 1. The molecule has 1 unspecified atom stereocenters. The van der Waals surface area contributed by atoms with Crippen molar-refractivity contribution in [2.45, 2.75) is 20.4 Å². The molecule has 1 atom stereocenters. The van der Waals surface area contributed by atoms with E-state index in [2.05, 4.69) is 10.4 Å². The molecule has 16 heavy (non-hydrogen) atoms. The summed E-state index contributed by atoms with van der Waals surface area (Å²) in [5.41, 5.74) is 0. The first-order valence-corrected chi connectivity index (χ1v) is 5.58. The largest absolute Gasteiger partial charge is 0.466 e. The third-order valence-corrected chi connectivity index (χ3v) is 2.22. The molecule has 0 bridgehead atoms. The van der Waals surface area contributed by atoms with Crippen molar-refractivity contribution in [3.63, 3.8) is 0 Å². The van der Waals surface area contributed by atoms with E-state index >= 15 is 0 Å². The summed E-state index contributed by atoms with van der Waals surface area (Å²) in [6.45, 7) is 6.36. The maximum atomic E-state index is 11.3. The summed E-state index contributed by atoms with van der Waals surface area (Å²) in [5.74, 6) is -0.244. The third-order valence-electron chi connectivity index (χ3n) is 2.22. The normalized spacial score (nSPS) is 12.4. The zero-order chi connectivity index (χ0) is 11.8. The van der Waals surface area contributed by atoms with Gasteiger partial charge in [-0.1, -0.05) is 6.92 Å². The zero-order valence-electron chi connectivity index (χ0n) is 9.85. The van der Waals surface area contributed by atoms with E-state index in [-0.39, 0.29) is 11.9 Å². The highest BCUT2D eigenvalue weighted by molar-refractivity contribution is 5.72. The fraction of sp³-hybridized carbons (Fsp3) is 0.636. The Hall–Kier alpha value is -1.36. The van der Waals surface area contributed by atoms with Crippen LogP contribution >= 0.6 is 0 Å². The number of rotatable bonds is 7. The maximum absolute atomic E-state index is 11.3. The molecular formula is C11H19N3O2. The predicted molar refractivity (Wildman–Crippen MR) is 60.9 cm³/mol. The summed E-state index contributed by atoms with van der Waals surface area (Å²) in [6, 6.07) is 1.89. The first kappa shape index (κ1) is 12.7. The molecule has 1 N–H and O–H groups in total. The minimum Gasteiger partial charge on any atom is -0.466 e. The minimum absolute atomic E-state index is 0.0995. The van der Waals surface area contributed by atoms with Crippen LogP contribution in [-0.2, 0) is 16.1 Å². The lowest BCUT2D eigenvalue weighted by atomic mass is 10.2. The van der Waals surface area contributed by atoms with Gasteiger partial charge in [0.1, 0.15) is 0 Å². The molecule has 0 saturated heterocycles. The van der Waals surface area contributed by atoms with Crippen molar-refractivity contribution < 1.29 is 9.53 Å². The van der Waals surface area contributed by atoms with E-state index in [1.807, 2.05) is 30.8 Å². The van der Waals surface area contributed by atoms with E-state index in [1.165, 1.54) is 0 Å². The van der Waals surface area contributed by atoms with Gasteiger partial charge >= 0.3 is 5.97 Å². The number of esters is 1. The van der Waals surface area contributed by atoms with Gasteiger partial charge in [0, 0.05) is 25.5 Å². The Labute approximate surface area is 95.8 Å². The number of carbonyl (C=O) groups is 1. The molecule has 0 aromatic carbocycles. The fourth-order valence-electron chi connectivity index (χ4n) is 1.31. The first-order chi connectivity index (χ1) is 7.74. The second-order valence-corrected chi connectivity index (χ2v) is 3.63. The highest BCUT2D eigenvalue weighted by Gasteiger charge is 2.12. The SMILES string of the molecule is CCOC(=O)C(C)CNCCn1cccn1. The molecule has 0 saturated carbocycles. The summed E-state index contributed by atoms with van der Waals surface area (Å²) >= 11 is 0. The van der Waals surface area contributed by atoms with E-state index in [9.17, 15) is 4.79 Å². The number of nitrogens with zero attached hydrogens (tertiary/aromatic N) is 2. The van der Waals surface area contributed by atoms with Gasteiger partial charge < -0.3 is 10.1 Å². The molecular weight excluding hydrogens is 206 g/mol. The Morgan fingerprint density at radius 3 is 3.06 bits per heavy atom. The van der Waals surface area contributed by atoms with Gasteiger partial charge in [0.05, 0.1) is 19.1 Å². The monoisotopic (exact) mass is 225 g/mol. The summed E-state index contributed by atoms with van der Waals surface area (Å²) in [6.07, 6.45) is 3.66. The van der Waals surface area contributed by atoms with Crippen LogP contribution in [0.25, 0.3) is 0 Å². The number of hydrogen-bond acceptors (Lipinski definition) is 4. The molecule has 1 aromatic rings. The van der Waals surface area contributed by atoms with Gasteiger partial charge in [-0.2, -0.15) is 5.10 Å². The molecule has 0 aliphatic rings. The smallest absolute Gasteiger partial charge is 0.309 e. The summed E-state index contributed by atoms with van der Waals surface area (Å²) < 4.78 is 6.76. The van der Waals surface area contributed by atoms with Crippen LogP contribution in [0.4, 0.5) is 0 Å². The van der Waals surface area contributed by atoms with Crippen LogP contribution in [0.15, 0.2) is 18.5 Å². The van der Waals surface area contributed by atoms with Gasteiger partial charge in [0.25, 0.3) is 0 Å². The highest BCUT2D eigenvalue weighted by Crippen LogP contribution is 1.96. The number of carbonyl (C=O) groups excluding carboxylic acids is 1. The lowest BCUT2D eigenvalue weighted by molar-refractivity contribution is -0.147. The van der Waals surface area contributed by atoms with E-state index < -0.39 is 0 Å². The average molecular weight is 225 g/mol. The summed E-state index contributed by atoms with van der Waals surface area (Å²) in [5, 5.41) is 7.28. The topological polar surface area (TPSA) is 56.1 Å². The third kappa shape index (κ3) is 4.44. The molecule has 1 rings (SSSR count). The lowest BCUT2D eigenvalue weighted by Crippen LogP contribution is -2.30. The van der Waals surface area contributed by atoms with Crippen LogP contribution in [0.1, 0.15) is 13.8 Å². The number of hydrogen-bond donors (Lipinski definition) is 1. The number of nitrogens with one attached hydrogen (secondary N) is 1. The Bertz CT molecular complexity index is 298. The quantitative estimate of drug-likeness (QED) is 0.547. The fourth-order valence-corrected chi connectivity index (χ4v) is 1.31. The molecule has 0 amide bonds. The van der Waals surface area contributed by atoms with Gasteiger partial charge in [-0.3, -0.25) is 9.48 Å². The standard InChI is InChI=1S/C11H19N3O2/c1-3-16-11(15)10(2)9-12-6-8-14-7-4-5-13-14/h4-5,7,10,12H,3,6,8-9H2,1-2H3. The van der Waals surface area contributed by atoms with Crippen LogP contribution in [0, 0.1) is 5.92 Å². The lowest BCUT2D eigenvalue weighted by Gasteiger charge is -2.11. The van der Waals surface area contributed by atoms with Crippen LogP contribution < -0.4 is 5.32 Å². The van der Waals surface area contributed by atoms with Crippen molar-refractivity contribution in [1.29, 1.82) is 0 Å². The number of aromatic nitrogens is 2. The van der Waals surface area contributed by atoms with Crippen LogP contribution in [-0.4, -0.2) is 35.4 Å². The second kappa shape index (κ2) is 7.00.